The number of hydrogen-bond donors (Lipinski definition) is 1. The third-order valence-electron chi connectivity index (χ3n) is 4.98. The summed E-state index contributed by atoms with van der Waals surface area (Å²) in [7, 11) is -4.20. The van der Waals surface area contributed by atoms with E-state index in [2.05, 4.69) is 0 Å². The van der Waals surface area contributed by atoms with Gasteiger partial charge in [0.15, 0.2) is 0 Å². The highest BCUT2D eigenvalue weighted by Gasteiger charge is 2.22. The van der Waals surface area contributed by atoms with Crippen LogP contribution in [0.25, 0.3) is 11.1 Å². The van der Waals surface area contributed by atoms with Gasteiger partial charge in [-0.1, -0.05) is 44.2 Å². The predicted octanol–water partition coefficient (Wildman–Crippen LogP) is 4.73. The third-order valence-corrected chi connectivity index (χ3v) is 6.32. The van der Waals surface area contributed by atoms with E-state index in [-0.39, 0.29) is 16.1 Å². The normalized spacial score (nSPS) is 11.1. The largest absolute Gasteiger partial charge is 0.493 e. The van der Waals surface area contributed by atoms with Gasteiger partial charge in [0.1, 0.15) is 5.75 Å². The molecule has 0 saturated heterocycles. The number of rotatable bonds is 9. The van der Waals surface area contributed by atoms with Crippen molar-refractivity contribution in [3.8, 4) is 16.9 Å². The number of para-hydroxylation sites is 1. The van der Waals surface area contributed by atoms with E-state index >= 15 is 0 Å². The average molecular weight is 469 g/mol. The summed E-state index contributed by atoms with van der Waals surface area (Å²) in [5, 5.41) is 10.8. The highest BCUT2D eigenvalue weighted by Crippen LogP contribution is 2.31. The fraction of sp³-hybridized carbons (Fsp3) is 0.208. The summed E-state index contributed by atoms with van der Waals surface area (Å²) in [5.41, 5.74) is 2.40. The average Bonchev–Trinajstić information content (AvgIpc) is 2.82. The SMILES string of the molecule is CCCOc1ccccc1-c1ccc(C(=O)NS(=O)(=O)c2ccc([N+](=O)[O-])cc2)c(CC)c1. The van der Waals surface area contributed by atoms with Gasteiger partial charge in [0, 0.05) is 23.3 Å². The van der Waals surface area contributed by atoms with Crippen LogP contribution in [0, 0.1) is 10.1 Å². The van der Waals surface area contributed by atoms with E-state index < -0.39 is 20.9 Å². The minimum Gasteiger partial charge on any atom is -0.493 e. The first kappa shape index (κ1) is 23.9. The van der Waals surface area contributed by atoms with E-state index in [0.29, 0.717) is 18.6 Å². The molecule has 3 aromatic rings. The van der Waals surface area contributed by atoms with Gasteiger partial charge in [-0.3, -0.25) is 14.9 Å². The Morgan fingerprint density at radius 2 is 1.73 bits per heavy atom. The summed E-state index contributed by atoms with van der Waals surface area (Å²) in [6, 6.07) is 17.1. The van der Waals surface area contributed by atoms with Crippen LogP contribution in [-0.2, 0) is 16.4 Å². The van der Waals surface area contributed by atoms with Crippen molar-refractivity contribution in [2.45, 2.75) is 31.6 Å². The minimum absolute atomic E-state index is 0.235. The van der Waals surface area contributed by atoms with Gasteiger partial charge in [-0.15, -0.1) is 0 Å². The molecule has 0 spiro atoms. The van der Waals surface area contributed by atoms with Crippen molar-refractivity contribution in [1.29, 1.82) is 0 Å². The molecule has 3 aromatic carbocycles. The van der Waals surface area contributed by atoms with Crippen LogP contribution in [0.2, 0.25) is 0 Å². The van der Waals surface area contributed by atoms with Crippen molar-refractivity contribution >= 4 is 21.6 Å². The van der Waals surface area contributed by atoms with Crippen molar-refractivity contribution < 1.29 is 22.9 Å². The van der Waals surface area contributed by atoms with Crippen LogP contribution < -0.4 is 9.46 Å². The first-order valence-electron chi connectivity index (χ1n) is 10.4. The first-order chi connectivity index (χ1) is 15.8. The predicted molar refractivity (Wildman–Crippen MR) is 125 cm³/mol. The number of amides is 1. The number of ether oxygens (including phenoxy) is 1. The van der Waals surface area contributed by atoms with E-state index in [1.165, 1.54) is 0 Å². The fourth-order valence-electron chi connectivity index (χ4n) is 3.30. The monoisotopic (exact) mass is 468 g/mol. The Bertz CT molecular complexity index is 1270. The molecule has 0 aliphatic rings. The van der Waals surface area contributed by atoms with Crippen molar-refractivity contribution in [1.82, 2.24) is 4.72 Å². The number of nitrogens with zero attached hydrogens (tertiary/aromatic N) is 1. The van der Waals surface area contributed by atoms with Gasteiger partial charge in [-0.05, 0) is 48.2 Å². The standard InChI is InChI=1S/C24H24N2O6S/c1-3-15-32-23-8-6-5-7-21(23)18-9-14-22(17(4-2)16-18)24(27)25-33(30,31)20-12-10-19(11-13-20)26(28)29/h5-14,16H,3-4,15H2,1-2H3,(H,25,27). The number of aryl methyl sites for hydroxylation is 1. The van der Waals surface area contributed by atoms with Gasteiger partial charge in [0.25, 0.3) is 21.6 Å². The zero-order valence-corrected chi connectivity index (χ0v) is 19.1. The summed E-state index contributed by atoms with van der Waals surface area (Å²) in [4.78, 5) is 22.7. The highest BCUT2D eigenvalue weighted by atomic mass is 32.2. The molecule has 3 rings (SSSR count). The molecule has 0 aromatic heterocycles. The quantitative estimate of drug-likeness (QED) is 0.358. The van der Waals surface area contributed by atoms with Crippen LogP contribution in [0.5, 0.6) is 5.75 Å². The number of hydrogen-bond acceptors (Lipinski definition) is 6. The molecule has 1 N–H and O–H groups in total. The maximum Gasteiger partial charge on any atom is 0.269 e. The highest BCUT2D eigenvalue weighted by molar-refractivity contribution is 7.90. The molecule has 172 valence electrons. The maximum atomic E-state index is 12.8. The number of sulfonamides is 1. The second kappa shape index (κ2) is 10.3. The number of benzene rings is 3. The lowest BCUT2D eigenvalue weighted by molar-refractivity contribution is -0.384. The van der Waals surface area contributed by atoms with E-state index in [4.69, 9.17) is 4.74 Å². The number of nitro benzene ring substituents is 1. The lowest BCUT2D eigenvalue weighted by Gasteiger charge is -2.14. The molecule has 33 heavy (non-hydrogen) atoms. The second-order valence-corrected chi connectivity index (χ2v) is 8.94. The summed E-state index contributed by atoms with van der Waals surface area (Å²) in [5.74, 6) is -0.0355. The van der Waals surface area contributed by atoms with Gasteiger partial charge in [0.2, 0.25) is 0 Å². The maximum absolute atomic E-state index is 12.8. The Morgan fingerprint density at radius 3 is 2.36 bits per heavy atom. The second-order valence-electron chi connectivity index (χ2n) is 7.26. The zero-order chi connectivity index (χ0) is 24.0. The molecule has 0 fully saturated rings. The number of non-ortho nitro benzene ring substituents is 1. The van der Waals surface area contributed by atoms with Crippen LogP contribution >= 0.6 is 0 Å². The van der Waals surface area contributed by atoms with Gasteiger partial charge in [-0.25, -0.2) is 13.1 Å². The van der Waals surface area contributed by atoms with Gasteiger partial charge >= 0.3 is 0 Å². The van der Waals surface area contributed by atoms with Crippen LogP contribution in [-0.4, -0.2) is 25.9 Å². The number of carbonyl (C=O) groups is 1. The Morgan fingerprint density at radius 1 is 1.03 bits per heavy atom. The molecule has 0 aliphatic heterocycles. The van der Waals surface area contributed by atoms with Crippen molar-refractivity contribution in [3.63, 3.8) is 0 Å². The molecule has 0 bridgehead atoms. The molecule has 0 saturated carbocycles. The molecule has 0 atom stereocenters. The van der Waals surface area contributed by atoms with Crippen LogP contribution in [0.3, 0.4) is 0 Å². The number of nitro groups is 1. The molecule has 0 unspecified atom stereocenters. The molecule has 1 amide bonds. The number of carbonyl (C=O) groups excluding carboxylic acids is 1. The molecule has 0 radical (unpaired) electrons. The lowest BCUT2D eigenvalue weighted by Crippen LogP contribution is -2.31. The molecule has 9 heteroatoms. The summed E-state index contributed by atoms with van der Waals surface area (Å²) < 4.78 is 33.1. The van der Waals surface area contributed by atoms with E-state index in [0.717, 1.165) is 47.6 Å². The Hall–Kier alpha value is -3.72. The molecular formula is C24H24N2O6S. The van der Waals surface area contributed by atoms with E-state index in [1.807, 2.05) is 48.9 Å². The zero-order valence-electron chi connectivity index (χ0n) is 18.3. The van der Waals surface area contributed by atoms with Gasteiger partial charge in [-0.2, -0.15) is 0 Å². The molecule has 0 heterocycles. The third kappa shape index (κ3) is 5.56. The number of nitrogens with one attached hydrogen (secondary N) is 1. The van der Waals surface area contributed by atoms with Gasteiger partial charge < -0.3 is 4.74 Å². The first-order valence-corrected chi connectivity index (χ1v) is 11.9. The Balaban J connectivity index is 1.88. The molecular weight excluding hydrogens is 444 g/mol. The van der Waals surface area contributed by atoms with Crippen LogP contribution in [0.15, 0.2) is 71.6 Å². The van der Waals surface area contributed by atoms with Crippen LogP contribution in [0.4, 0.5) is 5.69 Å². The lowest BCUT2D eigenvalue weighted by atomic mass is 9.97. The topological polar surface area (TPSA) is 116 Å². The minimum atomic E-state index is -4.20. The van der Waals surface area contributed by atoms with Crippen LogP contribution in [0.1, 0.15) is 36.2 Å². The van der Waals surface area contributed by atoms with Gasteiger partial charge in [0.05, 0.1) is 16.4 Å². The van der Waals surface area contributed by atoms with Crippen molar-refractivity contribution in [2.24, 2.45) is 0 Å². The summed E-state index contributed by atoms with van der Waals surface area (Å²) in [6.07, 6.45) is 1.38. The van der Waals surface area contributed by atoms with E-state index in [9.17, 15) is 23.3 Å². The summed E-state index contributed by atoms with van der Waals surface area (Å²) >= 11 is 0. The Labute approximate surface area is 192 Å². The van der Waals surface area contributed by atoms with Crippen molar-refractivity contribution in [2.75, 3.05) is 6.61 Å². The molecule has 0 aliphatic carbocycles. The Kier molecular flexibility index (Phi) is 7.44. The molecule has 8 nitrogen and oxygen atoms in total. The van der Waals surface area contributed by atoms with Crippen molar-refractivity contribution in [3.05, 3.63) is 88.0 Å². The van der Waals surface area contributed by atoms with E-state index in [1.54, 1.807) is 12.1 Å². The fourth-order valence-corrected chi connectivity index (χ4v) is 4.27. The smallest absolute Gasteiger partial charge is 0.269 e. The summed E-state index contributed by atoms with van der Waals surface area (Å²) in [6.45, 7) is 4.48.